The van der Waals surface area contributed by atoms with E-state index < -0.39 is 14.4 Å². The molecule has 0 aromatic heterocycles. The summed E-state index contributed by atoms with van der Waals surface area (Å²) in [6.45, 7) is 13.8. The maximum atomic E-state index is 11.6. The minimum Gasteiger partial charge on any atom is -0.494 e. The largest absolute Gasteiger partial charge is 0.494 e. The molecule has 0 radical (unpaired) electrons. The SMILES string of the molecule is CCOC(=O)/C=C1\C[C@@H]2C(CO[Si](C)(C)C(C)(C)C)[C@H](O)C[C@@H]2O1. The van der Waals surface area contributed by atoms with E-state index in [1.807, 2.05) is 0 Å². The van der Waals surface area contributed by atoms with Gasteiger partial charge in [0.05, 0.1) is 18.8 Å². The monoisotopic (exact) mass is 356 g/mol. The van der Waals surface area contributed by atoms with Gasteiger partial charge < -0.3 is 19.0 Å². The Morgan fingerprint density at radius 3 is 2.67 bits per heavy atom. The molecule has 6 heteroatoms. The Hall–Kier alpha value is -0.853. The summed E-state index contributed by atoms with van der Waals surface area (Å²) in [5.41, 5.74) is 0. The molecule has 2 rings (SSSR count). The number of ether oxygens (including phenoxy) is 2. The zero-order valence-corrected chi connectivity index (χ0v) is 16.8. The summed E-state index contributed by atoms with van der Waals surface area (Å²) in [5.74, 6) is 0.595. The number of aliphatic hydroxyl groups excluding tert-OH is 1. The van der Waals surface area contributed by atoms with Crippen LogP contribution in [-0.4, -0.2) is 44.8 Å². The van der Waals surface area contributed by atoms with E-state index in [1.54, 1.807) is 6.92 Å². The van der Waals surface area contributed by atoms with Crippen LogP contribution in [0.3, 0.4) is 0 Å². The van der Waals surface area contributed by atoms with Crippen molar-refractivity contribution in [3.63, 3.8) is 0 Å². The third-order valence-electron chi connectivity index (χ3n) is 5.74. The van der Waals surface area contributed by atoms with Crippen LogP contribution in [-0.2, 0) is 18.7 Å². The highest BCUT2D eigenvalue weighted by Gasteiger charge is 2.49. The molecule has 5 nitrogen and oxygen atoms in total. The molecule has 2 fully saturated rings. The molecule has 1 aliphatic carbocycles. The normalized spacial score (nSPS) is 31.9. The number of hydrogen-bond acceptors (Lipinski definition) is 5. The minimum atomic E-state index is -1.84. The molecule has 4 atom stereocenters. The van der Waals surface area contributed by atoms with Crippen LogP contribution in [0.25, 0.3) is 0 Å². The molecule has 2 aliphatic rings. The topological polar surface area (TPSA) is 65.0 Å². The van der Waals surface area contributed by atoms with Gasteiger partial charge in [0.1, 0.15) is 11.9 Å². The van der Waals surface area contributed by atoms with E-state index in [2.05, 4.69) is 33.9 Å². The third-order valence-corrected chi connectivity index (χ3v) is 10.2. The van der Waals surface area contributed by atoms with Crippen molar-refractivity contribution in [2.24, 2.45) is 11.8 Å². The highest BCUT2D eigenvalue weighted by molar-refractivity contribution is 6.74. The molecule has 1 saturated heterocycles. The molecular weight excluding hydrogens is 324 g/mol. The quantitative estimate of drug-likeness (QED) is 0.465. The maximum absolute atomic E-state index is 11.6. The van der Waals surface area contributed by atoms with Gasteiger partial charge in [0, 0.05) is 31.3 Å². The van der Waals surface area contributed by atoms with E-state index in [-0.39, 0.29) is 28.9 Å². The zero-order chi connectivity index (χ0) is 18.1. The lowest BCUT2D eigenvalue weighted by atomic mass is 9.92. The Morgan fingerprint density at radius 1 is 1.42 bits per heavy atom. The molecule has 0 amide bonds. The number of rotatable bonds is 5. The summed E-state index contributed by atoms with van der Waals surface area (Å²) in [6, 6.07) is 0. The molecule has 0 bridgehead atoms. The number of carbonyl (C=O) groups excluding carboxylic acids is 1. The van der Waals surface area contributed by atoms with E-state index >= 15 is 0 Å². The van der Waals surface area contributed by atoms with Crippen molar-refractivity contribution in [2.45, 2.75) is 70.9 Å². The van der Waals surface area contributed by atoms with E-state index in [4.69, 9.17) is 13.9 Å². The molecule has 0 aromatic rings. The van der Waals surface area contributed by atoms with Gasteiger partial charge in [-0.05, 0) is 25.1 Å². The van der Waals surface area contributed by atoms with Gasteiger partial charge in [0.15, 0.2) is 8.32 Å². The molecule has 1 N–H and O–H groups in total. The molecule has 1 saturated carbocycles. The van der Waals surface area contributed by atoms with Crippen LogP contribution < -0.4 is 0 Å². The fourth-order valence-corrected chi connectivity index (χ4v) is 4.25. The third kappa shape index (κ3) is 4.21. The van der Waals surface area contributed by atoms with Gasteiger partial charge in [-0.2, -0.15) is 0 Å². The van der Waals surface area contributed by atoms with Crippen molar-refractivity contribution in [2.75, 3.05) is 13.2 Å². The first-order chi connectivity index (χ1) is 11.0. The Balaban J connectivity index is 1.99. The molecule has 138 valence electrons. The Bertz CT molecular complexity index is 494. The van der Waals surface area contributed by atoms with Gasteiger partial charge in [-0.25, -0.2) is 4.79 Å². The average Bonchev–Trinajstić information content (AvgIpc) is 2.92. The predicted molar refractivity (Wildman–Crippen MR) is 95.0 cm³/mol. The van der Waals surface area contributed by atoms with Crippen molar-refractivity contribution >= 4 is 14.3 Å². The molecular formula is C18H32O5Si. The number of carbonyl (C=O) groups is 1. The summed E-state index contributed by atoms with van der Waals surface area (Å²) in [6.07, 6.45) is 2.31. The van der Waals surface area contributed by atoms with Crippen LogP contribution in [0.5, 0.6) is 0 Å². The van der Waals surface area contributed by atoms with E-state index in [9.17, 15) is 9.90 Å². The highest BCUT2D eigenvalue weighted by atomic mass is 28.4. The second-order valence-corrected chi connectivity index (χ2v) is 13.2. The first-order valence-electron chi connectivity index (χ1n) is 8.91. The van der Waals surface area contributed by atoms with Crippen molar-refractivity contribution < 1.29 is 23.8 Å². The highest BCUT2D eigenvalue weighted by Crippen LogP contribution is 2.46. The van der Waals surface area contributed by atoms with Crippen LogP contribution in [0.2, 0.25) is 18.1 Å². The second kappa shape index (κ2) is 7.18. The fraction of sp³-hybridized carbons (Fsp3) is 0.833. The van der Waals surface area contributed by atoms with E-state index in [0.717, 1.165) is 0 Å². The number of allylic oxidation sites excluding steroid dienone is 1. The standard InChI is InChI=1S/C18H32O5Si/c1-7-21-17(20)9-12-8-13-14(15(19)10-16(13)23-12)11-22-24(5,6)18(2,3)4/h9,13-16,19H,7-8,10-11H2,1-6H3/b12-9+/t13-,14?,15-,16+/m1/s1. The van der Waals surface area contributed by atoms with Crippen molar-refractivity contribution in [1.82, 2.24) is 0 Å². The van der Waals surface area contributed by atoms with Crippen LogP contribution in [0.15, 0.2) is 11.8 Å². The number of hydrogen-bond donors (Lipinski definition) is 1. The van der Waals surface area contributed by atoms with Crippen LogP contribution in [0.4, 0.5) is 0 Å². The van der Waals surface area contributed by atoms with Gasteiger partial charge in [-0.3, -0.25) is 0 Å². The molecule has 24 heavy (non-hydrogen) atoms. The van der Waals surface area contributed by atoms with Crippen LogP contribution in [0, 0.1) is 11.8 Å². The van der Waals surface area contributed by atoms with Gasteiger partial charge in [-0.1, -0.05) is 20.8 Å². The number of fused-ring (bicyclic) bond motifs is 1. The second-order valence-electron chi connectivity index (χ2n) is 8.43. The summed E-state index contributed by atoms with van der Waals surface area (Å²) in [7, 11) is -1.84. The predicted octanol–water partition coefficient (Wildman–Crippen LogP) is 3.24. The fourth-order valence-electron chi connectivity index (χ4n) is 3.21. The average molecular weight is 357 g/mol. The Labute approximate surface area is 146 Å². The molecule has 1 unspecified atom stereocenters. The smallest absolute Gasteiger partial charge is 0.334 e. The number of esters is 1. The van der Waals surface area contributed by atoms with Crippen molar-refractivity contribution in [1.29, 1.82) is 0 Å². The molecule has 1 aliphatic heterocycles. The van der Waals surface area contributed by atoms with E-state index in [1.165, 1.54) is 6.08 Å². The lowest BCUT2D eigenvalue weighted by Crippen LogP contribution is -2.43. The number of aliphatic hydroxyl groups is 1. The van der Waals surface area contributed by atoms with Gasteiger partial charge in [0.25, 0.3) is 0 Å². The summed E-state index contributed by atoms with van der Waals surface area (Å²) in [4.78, 5) is 11.6. The summed E-state index contributed by atoms with van der Waals surface area (Å²) < 4.78 is 17.1. The Morgan fingerprint density at radius 2 is 2.08 bits per heavy atom. The van der Waals surface area contributed by atoms with Gasteiger partial charge in [0.2, 0.25) is 0 Å². The van der Waals surface area contributed by atoms with Crippen LogP contribution in [0.1, 0.15) is 40.5 Å². The van der Waals surface area contributed by atoms with E-state index in [0.29, 0.717) is 31.8 Å². The first-order valence-corrected chi connectivity index (χ1v) is 11.8. The van der Waals surface area contributed by atoms with Gasteiger partial charge in [-0.15, -0.1) is 0 Å². The molecule has 1 heterocycles. The lowest BCUT2D eigenvalue weighted by Gasteiger charge is -2.37. The molecule has 0 spiro atoms. The van der Waals surface area contributed by atoms with Crippen LogP contribution >= 0.6 is 0 Å². The lowest BCUT2D eigenvalue weighted by molar-refractivity contribution is -0.137. The maximum Gasteiger partial charge on any atom is 0.334 e. The summed E-state index contributed by atoms with van der Waals surface area (Å²) >= 11 is 0. The molecule has 0 aromatic carbocycles. The minimum absolute atomic E-state index is 0.0197. The van der Waals surface area contributed by atoms with Crippen molar-refractivity contribution in [3.8, 4) is 0 Å². The first kappa shape index (κ1) is 19.5. The van der Waals surface area contributed by atoms with Gasteiger partial charge >= 0.3 is 5.97 Å². The Kier molecular flexibility index (Phi) is 5.82. The summed E-state index contributed by atoms with van der Waals surface area (Å²) in [5, 5.41) is 10.5. The zero-order valence-electron chi connectivity index (χ0n) is 15.8. The van der Waals surface area contributed by atoms with Crippen molar-refractivity contribution in [3.05, 3.63) is 11.8 Å².